The van der Waals surface area contributed by atoms with Crippen LogP contribution in [-0.4, -0.2) is 24.5 Å². The Morgan fingerprint density at radius 3 is 2.17 bits per heavy atom. The van der Waals surface area contributed by atoms with Gasteiger partial charge in [0.25, 0.3) is 0 Å². The third-order valence-corrected chi connectivity index (χ3v) is 4.24. The van der Waals surface area contributed by atoms with E-state index in [1.165, 1.54) is 19.3 Å². The highest BCUT2D eigenvalue weighted by atomic mass is 16.2. The van der Waals surface area contributed by atoms with E-state index in [4.69, 9.17) is 0 Å². The van der Waals surface area contributed by atoms with Crippen LogP contribution in [0, 0.1) is 5.41 Å². The van der Waals surface area contributed by atoms with Gasteiger partial charge in [-0.15, -0.1) is 0 Å². The summed E-state index contributed by atoms with van der Waals surface area (Å²) in [6.45, 7) is 9.44. The minimum atomic E-state index is -0.225. The Balaban J connectivity index is 2.29. The van der Waals surface area contributed by atoms with Crippen molar-refractivity contribution in [2.24, 2.45) is 5.41 Å². The number of hydrogen-bond donors (Lipinski definition) is 2. The smallest absolute Gasteiger partial charge is 0.225 e. The van der Waals surface area contributed by atoms with E-state index in [-0.39, 0.29) is 11.3 Å². The van der Waals surface area contributed by atoms with Gasteiger partial charge in [0.2, 0.25) is 5.91 Å². The molecule has 0 aromatic rings. The van der Waals surface area contributed by atoms with Crippen LogP contribution in [0.5, 0.6) is 0 Å². The summed E-state index contributed by atoms with van der Waals surface area (Å²) in [6, 6.07) is 1.06. The van der Waals surface area contributed by atoms with Gasteiger partial charge in [0.15, 0.2) is 0 Å². The van der Waals surface area contributed by atoms with Gasteiger partial charge in [-0.05, 0) is 45.1 Å². The average Bonchev–Trinajstić information content (AvgIpc) is 2.37. The molecule has 3 nitrogen and oxygen atoms in total. The Hall–Kier alpha value is -0.570. The zero-order chi connectivity index (χ0) is 13.6. The lowest BCUT2D eigenvalue weighted by molar-refractivity contribution is -0.130. The highest BCUT2D eigenvalue weighted by Gasteiger charge is 2.29. The van der Waals surface area contributed by atoms with Crippen molar-refractivity contribution in [3.8, 4) is 0 Å². The molecule has 106 valence electrons. The lowest BCUT2D eigenvalue weighted by atomic mass is 9.86. The van der Waals surface area contributed by atoms with E-state index in [1.54, 1.807) is 0 Å². The summed E-state index contributed by atoms with van der Waals surface area (Å²) in [5, 5.41) is 6.79. The van der Waals surface area contributed by atoms with Crippen molar-refractivity contribution in [2.75, 3.05) is 6.54 Å². The highest BCUT2D eigenvalue weighted by molar-refractivity contribution is 5.81. The summed E-state index contributed by atoms with van der Waals surface area (Å²) >= 11 is 0. The summed E-state index contributed by atoms with van der Waals surface area (Å²) in [5.74, 6) is 0.218. The van der Waals surface area contributed by atoms with Crippen molar-refractivity contribution >= 4 is 5.91 Å². The molecule has 2 N–H and O–H groups in total. The quantitative estimate of drug-likeness (QED) is 0.765. The van der Waals surface area contributed by atoms with E-state index in [9.17, 15) is 4.79 Å². The summed E-state index contributed by atoms with van der Waals surface area (Å²) in [4.78, 5) is 12.1. The first kappa shape index (κ1) is 15.5. The maximum atomic E-state index is 12.1. The zero-order valence-electron chi connectivity index (χ0n) is 12.5. The van der Waals surface area contributed by atoms with Gasteiger partial charge in [-0.1, -0.05) is 27.7 Å². The molecule has 0 atom stereocenters. The van der Waals surface area contributed by atoms with Crippen molar-refractivity contribution in [1.29, 1.82) is 0 Å². The zero-order valence-corrected chi connectivity index (χ0v) is 12.5. The molecule has 3 heteroatoms. The monoisotopic (exact) mass is 254 g/mol. The molecule has 0 saturated heterocycles. The van der Waals surface area contributed by atoms with Crippen LogP contribution in [-0.2, 0) is 4.79 Å². The number of nitrogens with one attached hydrogen (secondary N) is 2. The van der Waals surface area contributed by atoms with Gasteiger partial charge in [0.1, 0.15) is 0 Å². The fourth-order valence-corrected chi connectivity index (χ4v) is 2.33. The van der Waals surface area contributed by atoms with Gasteiger partial charge in [0.05, 0.1) is 0 Å². The Morgan fingerprint density at radius 2 is 1.67 bits per heavy atom. The Labute approximate surface area is 112 Å². The molecule has 18 heavy (non-hydrogen) atoms. The first-order valence-electron chi connectivity index (χ1n) is 7.54. The predicted molar refractivity (Wildman–Crippen MR) is 76.6 cm³/mol. The second-order valence-corrected chi connectivity index (χ2v) is 6.21. The first-order valence-corrected chi connectivity index (χ1v) is 7.54. The standard InChI is InChI=1S/C15H30N2O/c1-5-11-16-12-7-9-13(10-8-12)17-14(18)15(3,4)6-2/h12-13,16H,5-11H2,1-4H3,(H,17,18). The molecule has 1 amide bonds. The van der Waals surface area contributed by atoms with Crippen molar-refractivity contribution < 1.29 is 4.79 Å². The van der Waals surface area contributed by atoms with Crippen LogP contribution in [0.15, 0.2) is 0 Å². The molecular weight excluding hydrogens is 224 g/mol. The molecule has 0 radical (unpaired) electrons. The minimum Gasteiger partial charge on any atom is -0.353 e. The Morgan fingerprint density at radius 1 is 1.11 bits per heavy atom. The molecule has 0 unspecified atom stereocenters. The van der Waals surface area contributed by atoms with Gasteiger partial charge in [-0.2, -0.15) is 0 Å². The first-order chi connectivity index (χ1) is 8.49. The Kier molecular flexibility index (Phi) is 6.13. The molecule has 0 aromatic carbocycles. The third-order valence-electron chi connectivity index (χ3n) is 4.24. The van der Waals surface area contributed by atoms with Gasteiger partial charge in [0, 0.05) is 17.5 Å². The fraction of sp³-hybridized carbons (Fsp3) is 0.933. The third kappa shape index (κ3) is 4.60. The lowest BCUT2D eigenvalue weighted by Gasteiger charge is -2.32. The van der Waals surface area contributed by atoms with Gasteiger partial charge < -0.3 is 10.6 Å². The Bertz CT molecular complexity index is 255. The molecule has 0 heterocycles. The lowest BCUT2D eigenvalue weighted by Crippen LogP contribution is -2.46. The predicted octanol–water partition coefficient (Wildman–Crippen LogP) is 2.85. The van der Waals surface area contributed by atoms with Crippen molar-refractivity contribution in [2.45, 2.75) is 78.3 Å². The van der Waals surface area contributed by atoms with E-state index >= 15 is 0 Å². The van der Waals surface area contributed by atoms with E-state index in [0.29, 0.717) is 12.1 Å². The second kappa shape index (κ2) is 7.13. The summed E-state index contributed by atoms with van der Waals surface area (Å²) in [5.41, 5.74) is -0.225. The van der Waals surface area contributed by atoms with Gasteiger partial charge in [-0.25, -0.2) is 0 Å². The number of amides is 1. The maximum Gasteiger partial charge on any atom is 0.225 e. The second-order valence-electron chi connectivity index (χ2n) is 6.21. The van der Waals surface area contributed by atoms with Gasteiger partial charge >= 0.3 is 0 Å². The van der Waals surface area contributed by atoms with E-state index in [0.717, 1.165) is 25.8 Å². The molecule has 0 bridgehead atoms. The molecule has 1 rings (SSSR count). The van der Waals surface area contributed by atoms with Crippen molar-refractivity contribution in [1.82, 2.24) is 10.6 Å². The van der Waals surface area contributed by atoms with Crippen LogP contribution in [0.1, 0.15) is 66.2 Å². The number of hydrogen-bond acceptors (Lipinski definition) is 2. The van der Waals surface area contributed by atoms with Crippen molar-refractivity contribution in [3.63, 3.8) is 0 Å². The van der Waals surface area contributed by atoms with E-state index < -0.39 is 0 Å². The largest absolute Gasteiger partial charge is 0.353 e. The van der Waals surface area contributed by atoms with Crippen LogP contribution in [0.3, 0.4) is 0 Å². The number of rotatable bonds is 6. The minimum absolute atomic E-state index is 0.218. The molecule has 0 aliphatic heterocycles. The van der Waals surface area contributed by atoms with E-state index in [1.807, 2.05) is 13.8 Å². The molecule has 1 fully saturated rings. The normalized spacial score (nSPS) is 24.9. The summed E-state index contributed by atoms with van der Waals surface area (Å²) in [7, 11) is 0. The molecule has 0 aromatic heterocycles. The molecule has 1 aliphatic rings. The molecule has 1 saturated carbocycles. The fourth-order valence-electron chi connectivity index (χ4n) is 2.33. The van der Waals surface area contributed by atoms with E-state index in [2.05, 4.69) is 24.5 Å². The number of carbonyl (C=O) groups is 1. The SMILES string of the molecule is CCCNC1CCC(NC(=O)C(C)(C)CC)CC1. The van der Waals surface area contributed by atoms with Crippen LogP contribution < -0.4 is 10.6 Å². The van der Waals surface area contributed by atoms with Crippen LogP contribution in [0.2, 0.25) is 0 Å². The molecular formula is C15H30N2O. The van der Waals surface area contributed by atoms with Crippen molar-refractivity contribution in [3.05, 3.63) is 0 Å². The van der Waals surface area contributed by atoms with Crippen LogP contribution >= 0.6 is 0 Å². The maximum absolute atomic E-state index is 12.1. The highest BCUT2D eigenvalue weighted by Crippen LogP contribution is 2.23. The summed E-state index contributed by atoms with van der Waals surface area (Å²) < 4.78 is 0. The average molecular weight is 254 g/mol. The number of carbonyl (C=O) groups excluding carboxylic acids is 1. The summed E-state index contributed by atoms with van der Waals surface area (Å²) in [6.07, 6.45) is 6.71. The van der Waals surface area contributed by atoms with Crippen LogP contribution in [0.4, 0.5) is 0 Å². The topological polar surface area (TPSA) is 41.1 Å². The molecule has 1 aliphatic carbocycles. The van der Waals surface area contributed by atoms with Crippen LogP contribution in [0.25, 0.3) is 0 Å². The van der Waals surface area contributed by atoms with Gasteiger partial charge in [-0.3, -0.25) is 4.79 Å². The molecule has 0 spiro atoms.